The van der Waals surface area contributed by atoms with E-state index < -0.39 is 12.0 Å². The van der Waals surface area contributed by atoms with Gasteiger partial charge in [-0.05, 0) is 36.6 Å². The number of aromatic amines is 1. The predicted molar refractivity (Wildman–Crippen MR) is 106 cm³/mol. The first-order valence-corrected chi connectivity index (χ1v) is 9.57. The molecule has 2 atom stereocenters. The summed E-state index contributed by atoms with van der Waals surface area (Å²) in [6.07, 6.45) is 4.83. The highest BCUT2D eigenvalue weighted by Gasteiger charge is 2.43. The Bertz CT molecular complexity index is 1010. The van der Waals surface area contributed by atoms with Crippen molar-refractivity contribution in [2.45, 2.75) is 31.3 Å². The van der Waals surface area contributed by atoms with Gasteiger partial charge in [0.15, 0.2) is 0 Å². The van der Waals surface area contributed by atoms with E-state index in [0.717, 1.165) is 22.9 Å². The summed E-state index contributed by atoms with van der Waals surface area (Å²) in [6, 6.07) is 4.62. The molecule has 1 aromatic heterocycles. The molecular formula is C21H23N3O5. The zero-order valence-electron chi connectivity index (χ0n) is 16.4. The second-order valence-corrected chi connectivity index (χ2v) is 7.24. The van der Waals surface area contributed by atoms with Crippen molar-refractivity contribution >= 4 is 34.8 Å². The Labute approximate surface area is 167 Å². The molecule has 1 aromatic carbocycles. The van der Waals surface area contributed by atoms with Gasteiger partial charge in [0.25, 0.3) is 0 Å². The normalized spacial score (nSPS) is 21.5. The van der Waals surface area contributed by atoms with Crippen LogP contribution >= 0.6 is 0 Å². The minimum Gasteiger partial charge on any atom is -0.497 e. The van der Waals surface area contributed by atoms with Crippen LogP contribution in [0.4, 0.5) is 0 Å². The standard InChI is InChI=1S/C21H23N3O5/c1-28-12-5-6-13-14(15(22-16(13)10-12)7-8-19(25)29-2)11-17-21(27)24-9-3-4-18(24)20(26)23-17/h5-8,10,17-18,22H,3-4,9,11H2,1-2H3,(H,23,26)/b8-7+/t17-,18-/m0/s1. The largest absolute Gasteiger partial charge is 0.497 e. The molecular weight excluding hydrogens is 374 g/mol. The van der Waals surface area contributed by atoms with Gasteiger partial charge < -0.3 is 24.7 Å². The number of nitrogens with one attached hydrogen (secondary N) is 2. The van der Waals surface area contributed by atoms with E-state index in [0.29, 0.717) is 30.8 Å². The highest BCUT2D eigenvalue weighted by atomic mass is 16.5. The van der Waals surface area contributed by atoms with Gasteiger partial charge in [-0.2, -0.15) is 0 Å². The third kappa shape index (κ3) is 3.46. The third-order valence-electron chi connectivity index (χ3n) is 5.59. The van der Waals surface area contributed by atoms with Crippen molar-refractivity contribution < 1.29 is 23.9 Å². The average Bonchev–Trinajstić information content (AvgIpc) is 3.35. The Hall–Kier alpha value is -3.29. The number of nitrogens with zero attached hydrogens (tertiary/aromatic N) is 1. The fourth-order valence-electron chi connectivity index (χ4n) is 4.14. The van der Waals surface area contributed by atoms with Gasteiger partial charge in [-0.15, -0.1) is 0 Å². The number of ether oxygens (including phenoxy) is 2. The van der Waals surface area contributed by atoms with Crippen molar-refractivity contribution in [1.82, 2.24) is 15.2 Å². The zero-order valence-corrected chi connectivity index (χ0v) is 16.4. The number of H-pyrrole nitrogens is 1. The van der Waals surface area contributed by atoms with E-state index in [-0.39, 0.29) is 17.9 Å². The van der Waals surface area contributed by atoms with Gasteiger partial charge in [0.05, 0.1) is 14.2 Å². The number of fused-ring (bicyclic) bond motifs is 2. The molecule has 8 heteroatoms. The van der Waals surface area contributed by atoms with Crippen LogP contribution in [0.5, 0.6) is 5.75 Å². The van der Waals surface area contributed by atoms with Crippen LogP contribution in [0.25, 0.3) is 17.0 Å². The molecule has 0 unspecified atom stereocenters. The summed E-state index contributed by atoms with van der Waals surface area (Å²) in [5.41, 5.74) is 2.35. The molecule has 2 aliphatic rings. The highest BCUT2D eigenvalue weighted by Crippen LogP contribution is 2.30. The van der Waals surface area contributed by atoms with Crippen molar-refractivity contribution in [3.8, 4) is 5.75 Å². The van der Waals surface area contributed by atoms with E-state index in [2.05, 4.69) is 15.0 Å². The number of hydrogen-bond donors (Lipinski definition) is 2. The molecule has 0 saturated carbocycles. The topological polar surface area (TPSA) is 101 Å². The number of methoxy groups -OCH3 is 2. The minimum atomic E-state index is -0.636. The number of rotatable bonds is 5. The molecule has 29 heavy (non-hydrogen) atoms. The molecule has 3 heterocycles. The lowest BCUT2D eigenvalue weighted by molar-refractivity contribution is -0.146. The summed E-state index contributed by atoms with van der Waals surface area (Å²) in [6.45, 7) is 0.619. The number of amides is 2. The Morgan fingerprint density at radius 2 is 2.14 bits per heavy atom. The van der Waals surface area contributed by atoms with E-state index in [1.807, 2.05) is 18.2 Å². The Kier molecular flexibility index (Phi) is 5.00. The molecule has 2 fully saturated rings. The molecule has 0 radical (unpaired) electrons. The fourth-order valence-corrected chi connectivity index (χ4v) is 4.14. The minimum absolute atomic E-state index is 0.0575. The van der Waals surface area contributed by atoms with E-state index in [1.165, 1.54) is 13.2 Å². The summed E-state index contributed by atoms with van der Waals surface area (Å²) in [5, 5.41) is 3.79. The lowest BCUT2D eigenvalue weighted by Crippen LogP contribution is -2.61. The predicted octanol–water partition coefficient (Wildman–Crippen LogP) is 1.39. The van der Waals surface area contributed by atoms with E-state index in [4.69, 9.17) is 4.74 Å². The quantitative estimate of drug-likeness (QED) is 0.587. The van der Waals surface area contributed by atoms with Crippen LogP contribution in [0.1, 0.15) is 24.1 Å². The number of carbonyl (C=O) groups excluding carboxylic acids is 3. The van der Waals surface area contributed by atoms with E-state index in [1.54, 1.807) is 18.1 Å². The fraction of sp³-hybridized carbons (Fsp3) is 0.381. The van der Waals surface area contributed by atoms with Crippen molar-refractivity contribution in [2.24, 2.45) is 0 Å². The molecule has 0 bridgehead atoms. The summed E-state index contributed by atoms with van der Waals surface area (Å²) < 4.78 is 9.96. The molecule has 4 rings (SSSR count). The molecule has 0 aliphatic carbocycles. The van der Waals surface area contributed by atoms with Crippen molar-refractivity contribution in [3.63, 3.8) is 0 Å². The Balaban J connectivity index is 1.71. The Morgan fingerprint density at radius 3 is 2.90 bits per heavy atom. The summed E-state index contributed by atoms with van der Waals surface area (Å²) in [4.78, 5) is 41.9. The van der Waals surface area contributed by atoms with Crippen LogP contribution in [-0.2, 0) is 25.5 Å². The van der Waals surface area contributed by atoms with Gasteiger partial charge in [-0.1, -0.05) is 0 Å². The summed E-state index contributed by atoms with van der Waals surface area (Å²) in [7, 11) is 2.90. The van der Waals surface area contributed by atoms with Gasteiger partial charge in [-0.25, -0.2) is 4.79 Å². The van der Waals surface area contributed by atoms with Crippen molar-refractivity contribution in [2.75, 3.05) is 20.8 Å². The lowest BCUT2D eigenvalue weighted by Gasteiger charge is -2.34. The third-order valence-corrected chi connectivity index (χ3v) is 5.59. The molecule has 0 spiro atoms. The number of esters is 1. The smallest absolute Gasteiger partial charge is 0.330 e. The van der Waals surface area contributed by atoms with E-state index in [9.17, 15) is 14.4 Å². The Morgan fingerprint density at radius 1 is 1.31 bits per heavy atom. The summed E-state index contributed by atoms with van der Waals surface area (Å²) in [5.74, 6) is 0.0583. The van der Waals surface area contributed by atoms with Gasteiger partial charge in [0.1, 0.15) is 17.8 Å². The van der Waals surface area contributed by atoms with E-state index >= 15 is 0 Å². The molecule has 2 saturated heterocycles. The number of hydrogen-bond acceptors (Lipinski definition) is 5. The van der Waals surface area contributed by atoms with Crippen LogP contribution in [0, 0.1) is 0 Å². The number of carbonyl (C=O) groups is 3. The molecule has 2 aliphatic heterocycles. The van der Waals surface area contributed by atoms with Gasteiger partial charge in [0.2, 0.25) is 11.8 Å². The maximum Gasteiger partial charge on any atom is 0.330 e. The second kappa shape index (κ2) is 7.62. The van der Waals surface area contributed by atoms with Crippen LogP contribution in [0.2, 0.25) is 0 Å². The van der Waals surface area contributed by atoms with Crippen molar-refractivity contribution in [1.29, 1.82) is 0 Å². The molecule has 2 amide bonds. The maximum absolute atomic E-state index is 12.9. The van der Waals surface area contributed by atoms with Crippen molar-refractivity contribution in [3.05, 3.63) is 35.5 Å². The van der Waals surface area contributed by atoms with Crippen LogP contribution in [-0.4, -0.2) is 60.5 Å². The maximum atomic E-state index is 12.9. The number of aromatic nitrogens is 1. The highest BCUT2D eigenvalue weighted by molar-refractivity contribution is 5.98. The average molecular weight is 397 g/mol. The molecule has 8 nitrogen and oxygen atoms in total. The molecule has 2 aromatic rings. The second-order valence-electron chi connectivity index (χ2n) is 7.24. The number of benzene rings is 1. The zero-order chi connectivity index (χ0) is 20.5. The first-order valence-electron chi connectivity index (χ1n) is 9.57. The van der Waals surface area contributed by atoms with Crippen LogP contribution in [0.15, 0.2) is 24.3 Å². The van der Waals surface area contributed by atoms with Gasteiger partial charge >= 0.3 is 5.97 Å². The first kappa shape index (κ1) is 19.0. The van der Waals surface area contributed by atoms with Gasteiger partial charge in [0, 0.05) is 41.7 Å². The molecule has 2 N–H and O–H groups in total. The lowest BCUT2D eigenvalue weighted by atomic mass is 9.98. The van der Waals surface area contributed by atoms with Gasteiger partial charge in [-0.3, -0.25) is 9.59 Å². The van der Waals surface area contributed by atoms with Crippen LogP contribution in [0.3, 0.4) is 0 Å². The monoisotopic (exact) mass is 397 g/mol. The number of piperazine rings is 1. The SMILES string of the molecule is COC(=O)/C=C/c1[nH]c2cc(OC)ccc2c1C[C@@H]1NC(=O)[C@@H]2CCCN2C1=O. The van der Waals surface area contributed by atoms with Crippen LogP contribution < -0.4 is 10.1 Å². The molecule has 152 valence electrons. The first-order chi connectivity index (χ1) is 14.0. The summed E-state index contributed by atoms with van der Waals surface area (Å²) >= 11 is 0.